The fraction of sp³-hybridized carbons (Fsp3) is 0.500. The molecule has 2 N–H and O–H groups in total. The number of hydrogen-bond acceptors (Lipinski definition) is 2. The summed E-state index contributed by atoms with van der Waals surface area (Å²) in [7, 11) is 0. The van der Waals surface area contributed by atoms with Gasteiger partial charge in [0.05, 0.1) is 0 Å². The molecule has 0 aromatic heterocycles. The quantitative estimate of drug-likeness (QED) is 0.763. The van der Waals surface area contributed by atoms with Crippen molar-refractivity contribution in [1.82, 2.24) is 5.06 Å². The predicted molar refractivity (Wildman–Crippen MR) is 65.7 cm³/mol. The number of rotatable bonds is 1. The fourth-order valence-corrected chi connectivity index (χ4v) is 3.04. The smallest absolute Gasteiger partial charge is 0.255 e. The van der Waals surface area contributed by atoms with Crippen LogP contribution in [0.5, 0.6) is 0 Å². The van der Waals surface area contributed by atoms with E-state index < -0.39 is 0 Å². The average Bonchev–Trinajstić information content (AvgIpc) is 2.64. The minimum absolute atomic E-state index is 0.0886. The first-order valence-electron chi connectivity index (χ1n) is 6.38. The number of benzene rings is 1. The maximum atomic E-state index is 10.4. The SMILES string of the molecule is C[C@]12CCCCC1=[NH+][C@H](c1ccccc1)N2O. The van der Waals surface area contributed by atoms with Crippen molar-refractivity contribution in [3.8, 4) is 0 Å². The molecular formula is C14H19N2O+. The maximum absolute atomic E-state index is 10.4. The van der Waals surface area contributed by atoms with Crippen LogP contribution in [0.3, 0.4) is 0 Å². The van der Waals surface area contributed by atoms with Crippen LogP contribution < -0.4 is 4.99 Å². The summed E-state index contributed by atoms with van der Waals surface area (Å²) < 4.78 is 0. The minimum atomic E-state index is -0.182. The highest BCUT2D eigenvalue weighted by Crippen LogP contribution is 2.34. The molecule has 0 bridgehead atoms. The number of nitrogens with zero attached hydrogens (tertiary/aromatic N) is 1. The second-order valence-electron chi connectivity index (χ2n) is 5.26. The fourth-order valence-electron chi connectivity index (χ4n) is 3.04. The van der Waals surface area contributed by atoms with E-state index in [2.05, 4.69) is 24.0 Å². The Morgan fingerprint density at radius 1 is 1.29 bits per heavy atom. The molecule has 2 atom stereocenters. The van der Waals surface area contributed by atoms with Gasteiger partial charge in [0.15, 0.2) is 5.71 Å². The molecule has 0 saturated heterocycles. The summed E-state index contributed by atoms with van der Waals surface area (Å²) >= 11 is 0. The normalized spacial score (nSPS) is 33.3. The van der Waals surface area contributed by atoms with Gasteiger partial charge in [0.1, 0.15) is 5.54 Å². The number of nitrogens with one attached hydrogen (secondary N) is 1. The van der Waals surface area contributed by atoms with Crippen LogP contribution in [0.2, 0.25) is 0 Å². The van der Waals surface area contributed by atoms with Gasteiger partial charge >= 0.3 is 0 Å². The zero-order chi connectivity index (χ0) is 11.9. The van der Waals surface area contributed by atoms with Crippen LogP contribution in [0.4, 0.5) is 0 Å². The highest BCUT2D eigenvalue weighted by atomic mass is 16.5. The predicted octanol–water partition coefficient (Wildman–Crippen LogP) is 1.24. The minimum Gasteiger partial charge on any atom is -0.307 e. The molecule has 0 spiro atoms. The van der Waals surface area contributed by atoms with Crippen molar-refractivity contribution in [2.45, 2.75) is 44.3 Å². The van der Waals surface area contributed by atoms with Gasteiger partial charge in [-0.3, -0.25) is 0 Å². The first kappa shape index (κ1) is 10.9. The van der Waals surface area contributed by atoms with E-state index >= 15 is 0 Å². The summed E-state index contributed by atoms with van der Waals surface area (Å²) in [4.78, 5) is 3.49. The molecule has 90 valence electrons. The third kappa shape index (κ3) is 1.61. The van der Waals surface area contributed by atoms with Gasteiger partial charge in [-0.15, -0.1) is 5.06 Å². The van der Waals surface area contributed by atoms with Crippen LogP contribution in [0.15, 0.2) is 30.3 Å². The maximum Gasteiger partial charge on any atom is 0.255 e. The monoisotopic (exact) mass is 231 g/mol. The summed E-state index contributed by atoms with van der Waals surface area (Å²) in [5, 5.41) is 12.0. The van der Waals surface area contributed by atoms with Gasteiger partial charge in [0.2, 0.25) is 0 Å². The van der Waals surface area contributed by atoms with E-state index in [1.165, 1.54) is 23.6 Å². The van der Waals surface area contributed by atoms with E-state index in [9.17, 15) is 5.21 Å². The van der Waals surface area contributed by atoms with Crippen LogP contribution in [0, 0.1) is 0 Å². The van der Waals surface area contributed by atoms with Gasteiger partial charge in [0.25, 0.3) is 6.17 Å². The lowest BCUT2D eigenvalue weighted by molar-refractivity contribution is -0.549. The number of fused-ring (bicyclic) bond motifs is 1. The molecule has 3 nitrogen and oxygen atoms in total. The molecule has 1 heterocycles. The van der Waals surface area contributed by atoms with E-state index in [-0.39, 0.29) is 11.7 Å². The van der Waals surface area contributed by atoms with E-state index in [4.69, 9.17) is 0 Å². The van der Waals surface area contributed by atoms with Crippen molar-refractivity contribution < 1.29 is 10.2 Å². The lowest BCUT2D eigenvalue weighted by Crippen LogP contribution is -2.73. The number of hydroxylamine groups is 2. The highest BCUT2D eigenvalue weighted by molar-refractivity contribution is 5.89. The molecular weight excluding hydrogens is 212 g/mol. The summed E-state index contributed by atoms with van der Waals surface area (Å²) in [6.45, 7) is 2.14. The van der Waals surface area contributed by atoms with Gasteiger partial charge in [-0.1, -0.05) is 36.8 Å². The van der Waals surface area contributed by atoms with Crippen LogP contribution in [0.25, 0.3) is 0 Å². The summed E-state index contributed by atoms with van der Waals surface area (Å²) in [6, 6.07) is 10.1. The second-order valence-corrected chi connectivity index (χ2v) is 5.26. The Bertz CT molecular complexity index is 443. The van der Waals surface area contributed by atoms with Crippen molar-refractivity contribution in [2.75, 3.05) is 0 Å². The summed E-state index contributed by atoms with van der Waals surface area (Å²) in [5.74, 6) is 0. The first-order valence-corrected chi connectivity index (χ1v) is 6.38. The van der Waals surface area contributed by atoms with Crippen molar-refractivity contribution in [1.29, 1.82) is 0 Å². The van der Waals surface area contributed by atoms with Crippen molar-refractivity contribution in [3.05, 3.63) is 35.9 Å². The van der Waals surface area contributed by atoms with Gasteiger partial charge in [-0.05, 0) is 19.8 Å². The van der Waals surface area contributed by atoms with Gasteiger partial charge in [0, 0.05) is 12.0 Å². The van der Waals surface area contributed by atoms with Crippen molar-refractivity contribution >= 4 is 5.71 Å². The van der Waals surface area contributed by atoms with Crippen LogP contribution in [0.1, 0.15) is 44.3 Å². The Kier molecular flexibility index (Phi) is 2.53. The third-order valence-corrected chi connectivity index (χ3v) is 4.17. The topological polar surface area (TPSA) is 37.4 Å². The van der Waals surface area contributed by atoms with Crippen molar-refractivity contribution in [3.63, 3.8) is 0 Å². The Morgan fingerprint density at radius 3 is 2.76 bits per heavy atom. The molecule has 1 saturated carbocycles. The van der Waals surface area contributed by atoms with Crippen LogP contribution >= 0.6 is 0 Å². The van der Waals surface area contributed by atoms with Gasteiger partial charge in [-0.2, -0.15) is 0 Å². The molecule has 1 aliphatic heterocycles. The van der Waals surface area contributed by atoms with E-state index in [1.54, 1.807) is 0 Å². The molecule has 17 heavy (non-hydrogen) atoms. The van der Waals surface area contributed by atoms with Crippen molar-refractivity contribution in [2.24, 2.45) is 0 Å². The lowest BCUT2D eigenvalue weighted by Gasteiger charge is -2.32. The number of hydrogen-bond donors (Lipinski definition) is 2. The molecule has 0 unspecified atom stereocenters. The van der Waals surface area contributed by atoms with E-state index in [0.29, 0.717) is 0 Å². The van der Waals surface area contributed by atoms with Crippen LogP contribution in [-0.2, 0) is 0 Å². The highest BCUT2D eigenvalue weighted by Gasteiger charge is 2.52. The summed E-state index contributed by atoms with van der Waals surface area (Å²) in [5.41, 5.74) is 2.23. The molecule has 3 rings (SSSR count). The zero-order valence-corrected chi connectivity index (χ0v) is 10.2. The molecule has 1 aromatic rings. The Hall–Kier alpha value is -1.19. The molecule has 1 aromatic carbocycles. The summed E-state index contributed by atoms with van der Waals surface area (Å²) in [6.07, 6.45) is 4.45. The molecule has 3 heteroatoms. The second kappa shape index (κ2) is 3.93. The van der Waals surface area contributed by atoms with Crippen LogP contribution in [-0.4, -0.2) is 21.5 Å². The third-order valence-electron chi connectivity index (χ3n) is 4.17. The lowest BCUT2D eigenvalue weighted by atomic mass is 9.82. The largest absolute Gasteiger partial charge is 0.307 e. The standard InChI is InChI=1S/C14H18N2O/c1-14-10-6-5-9-12(14)15-13(16(14)17)11-7-3-2-4-8-11/h2-4,7-8,13,17H,5-6,9-10H2,1H3/p+1/t13-,14-/m0/s1. The first-order chi connectivity index (χ1) is 8.22. The molecule has 1 fully saturated rings. The van der Waals surface area contributed by atoms with E-state index in [0.717, 1.165) is 18.4 Å². The Labute approximate surface area is 102 Å². The Balaban J connectivity index is 1.97. The zero-order valence-electron chi connectivity index (χ0n) is 10.2. The van der Waals surface area contributed by atoms with E-state index in [1.807, 2.05) is 18.2 Å². The molecule has 1 aliphatic carbocycles. The Morgan fingerprint density at radius 2 is 2.06 bits per heavy atom. The average molecular weight is 231 g/mol. The van der Waals surface area contributed by atoms with Gasteiger partial charge < -0.3 is 5.21 Å². The molecule has 2 aliphatic rings. The van der Waals surface area contributed by atoms with Gasteiger partial charge in [-0.25, -0.2) is 4.99 Å². The molecule has 0 amide bonds. The molecule has 0 radical (unpaired) electrons.